The van der Waals surface area contributed by atoms with E-state index in [1.165, 1.54) is 0 Å². The molecular weight excluding hydrogens is 254 g/mol. The molecule has 0 unspecified atom stereocenters. The van der Waals surface area contributed by atoms with Crippen molar-refractivity contribution in [1.82, 2.24) is 10.5 Å². The molecule has 20 heavy (non-hydrogen) atoms. The molecule has 1 aromatic carbocycles. The summed E-state index contributed by atoms with van der Waals surface area (Å²) in [6.07, 6.45) is 0. The summed E-state index contributed by atoms with van der Waals surface area (Å²) in [5.41, 5.74) is 5.22. The summed E-state index contributed by atoms with van der Waals surface area (Å²) in [5, 5.41) is 8.81. The van der Waals surface area contributed by atoms with Gasteiger partial charge in [-0.25, -0.2) is 10.5 Å². The summed E-state index contributed by atoms with van der Waals surface area (Å²) in [6, 6.07) is 11.4. The van der Waals surface area contributed by atoms with Crippen molar-refractivity contribution in [3.8, 4) is 0 Å². The standard InChI is InChI=1S/C15H15N3O2/c1-10-4-2-7-14(16-10)18-8-11-5-3-6-12(13(11)9-18)15(19)17-20/h2-7,20H,8-9H2,1H3,(H,17,19). The number of hydrogen-bond donors (Lipinski definition) is 2. The zero-order chi connectivity index (χ0) is 14.1. The van der Waals surface area contributed by atoms with Gasteiger partial charge in [0, 0.05) is 24.3 Å². The molecule has 5 heteroatoms. The number of anilines is 1. The van der Waals surface area contributed by atoms with Crippen LogP contribution in [-0.2, 0) is 13.1 Å². The second-order valence-corrected chi connectivity index (χ2v) is 4.88. The average Bonchev–Trinajstić information content (AvgIpc) is 2.90. The van der Waals surface area contributed by atoms with Gasteiger partial charge in [-0.05, 0) is 36.2 Å². The molecule has 3 rings (SSSR count). The molecule has 0 spiro atoms. The first-order chi connectivity index (χ1) is 9.69. The molecule has 2 aromatic rings. The van der Waals surface area contributed by atoms with Crippen molar-refractivity contribution < 1.29 is 10.0 Å². The number of carbonyl (C=O) groups excluding carboxylic acids is 1. The Hall–Kier alpha value is -2.40. The van der Waals surface area contributed by atoms with Crippen molar-refractivity contribution in [1.29, 1.82) is 0 Å². The summed E-state index contributed by atoms with van der Waals surface area (Å²) >= 11 is 0. The van der Waals surface area contributed by atoms with Gasteiger partial charge in [0.15, 0.2) is 0 Å². The Morgan fingerprint density at radius 2 is 2.05 bits per heavy atom. The topological polar surface area (TPSA) is 65.5 Å². The molecule has 0 fully saturated rings. The Kier molecular flexibility index (Phi) is 3.12. The van der Waals surface area contributed by atoms with E-state index < -0.39 is 5.91 Å². The summed E-state index contributed by atoms with van der Waals surface area (Å²) in [5.74, 6) is 0.428. The molecule has 1 amide bonds. The summed E-state index contributed by atoms with van der Waals surface area (Å²) in [4.78, 5) is 18.3. The average molecular weight is 269 g/mol. The molecule has 0 radical (unpaired) electrons. The van der Waals surface area contributed by atoms with Crippen LogP contribution in [0.25, 0.3) is 0 Å². The number of benzene rings is 1. The fourth-order valence-corrected chi connectivity index (χ4v) is 2.56. The Morgan fingerprint density at radius 3 is 2.80 bits per heavy atom. The van der Waals surface area contributed by atoms with Gasteiger partial charge in [-0.2, -0.15) is 0 Å². The number of aryl methyl sites for hydroxylation is 1. The number of carbonyl (C=O) groups is 1. The zero-order valence-electron chi connectivity index (χ0n) is 11.1. The third kappa shape index (κ3) is 2.12. The first-order valence-corrected chi connectivity index (χ1v) is 6.43. The predicted octanol–water partition coefficient (Wildman–Crippen LogP) is 2.03. The fourth-order valence-electron chi connectivity index (χ4n) is 2.56. The van der Waals surface area contributed by atoms with E-state index >= 15 is 0 Å². The highest BCUT2D eigenvalue weighted by Gasteiger charge is 2.24. The third-order valence-electron chi connectivity index (χ3n) is 3.53. The van der Waals surface area contributed by atoms with Crippen LogP contribution in [-0.4, -0.2) is 16.1 Å². The van der Waals surface area contributed by atoms with Crippen molar-refractivity contribution >= 4 is 11.7 Å². The van der Waals surface area contributed by atoms with Crippen molar-refractivity contribution in [2.45, 2.75) is 20.0 Å². The van der Waals surface area contributed by atoms with Gasteiger partial charge in [0.05, 0.1) is 0 Å². The van der Waals surface area contributed by atoms with Crippen LogP contribution >= 0.6 is 0 Å². The van der Waals surface area contributed by atoms with Gasteiger partial charge in [-0.3, -0.25) is 10.0 Å². The molecule has 1 aliphatic rings. The van der Waals surface area contributed by atoms with E-state index in [1.807, 2.05) is 37.3 Å². The maximum atomic E-state index is 11.7. The van der Waals surface area contributed by atoms with Crippen LogP contribution in [0.15, 0.2) is 36.4 Å². The first kappa shape index (κ1) is 12.6. The van der Waals surface area contributed by atoms with Crippen LogP contribution in [0, 0.1) is 6.92 Å². The number of hydroxylamine groups is 1. The fraction of sp³-hybridized carbons (Fsp3) is 0.200. The van der Waals surface area contributed by atoms with Crippen molar-refractivity contribution in [2.24, 2.45) is 0 Å². The zero-order valence-corrected chi connectivity index (χ0v) is 11.1. The van der Waals surface area contributed by atoms with Crippen LogP contribution < -0.4 is 10.4 Å². The van der Waals surface area contributed by atoms with E-state index in [4.69, 9.17) is 5.21 Å². The van der Waals surface area contributed by atoms with Crippen LogP contribution in [0.1, 0.15) is 27.2 Å². The molecule has 0 saturated carbocycles. The third-order valence-corrected chi connectivity index (χ3v) is 3.53. The second-order valence-electron chi connectivity index (χ2n) is 4.88. The van der Waals surface area contributed by atoms with Crippen LogP contribution in [0.2, 0.25) is 0 Å². The smallest absolute Gasteiger partial charge is 0.274 e. The monoisotopic (exact) mass is 269 g/mol. The van der Waals surface area contributed by atoms with E-state index in [2.05, 4.69) is 9.88 Å². The Morgan fingerprint density at radius 1 is 1.25 bits per heavy atom. The van der Waals surface area contributed by atoms with E-state index in [0.717, 1.165) is 29.2 Å². The lowest BCUT2D eigenvalue weighted by Crippen LogP contribution is -2.21. The van der Waals surface area contributed by atoms with E-state index in [-0.39, 0.29) is 0 Å². The van der Waals surface area contributed by atoms with E-state index in [1.54, 1.807) is 11.5 Å². The molecule has 0 atom stereocenters. The van der Waals surface area contributed by atoms with Crippen molar-refractivity contribution in [2.75, 3.05) is 4.90 Å². The molecule has 0 bridgehead atoms. The van der Waals surface area contributed by atoms with Gasteiger partial charge in [0.25, 0.3) is 5.91 Å². The lowest BCUT2D eigenvalue weighted by atomic mass is 10.0. The number of hydrogen-bond acceptors (Lipinski definition) is 4. The number of aromatic nitrogens is 1. The highest BCUT2D eigenvalue weighted by atomic mass is 16.5. The number of nitrogens with zero attached hydrogens (tertiary/aromatic N) is 2. The SMILES string of the molecule is Cc1cccc(N2Cc3cccc(C(=O)NO)c3C2)n1. The maximum Gasteiger partial charge on any atom is 0.274 e. The normalized spacial score (nSPS) is 13.2. The van der Waals surface area contributed by atoms with Gasteiger partial charge in [0.1, 0.15) is 5.82 Å². The second kappa shape index (κ2) is 4.94. The van der Waals surface area contributed by atoms with Gasteiger partial charge in [-0.1, -0.05) is 18.2 Å². The molecule has 0 saturated heterocycles. The first-order valence-electron chi connectivity index (χ1n) is 6.43. The minimum Gasteiger partial charge on any atom is -0.348 e. The Bertz CT molecular complexity index is 670. The van der Waals surface area contributed by atoms with Crippen molar-refractivity contribution in [3.63, 3.8) is 0 Å². The minimum atomic E-state index is -0.471. The number of nitrogens with one attached hydrogen (secondary N) is 1. The summed E-state index contributed by atoms with van der Waals surface area (Å²) < 4.78 is 0. The quantitative estimate of drug-likeness (QED) is 0.646. The van der Waals surface area contributed by atoms with Gasteiger partial charge in [0.2, 0.25) is 0 Å². The molecule has 2 N–H and O–H groups in total. The highest BCUT2D eigenvalue weighted by Crippen LogP contribution is 2.29. The summed E-state index contributed by atoms with van der Waals surface area (Å²) in [7, 11) is 0. The lowest BCUT2D eigenvalue weighted by molar-refractivity contribution is 0.0705. The Labute approximate surface area is 116 Å². The van der Waals surface area contributed by atoms with E-state index in [0.29, 0.717) is 12.1 Å². The molecule has 1 aliphatic heterocycles. The van der Waals surface area contributed by atoms with Crippen LogP contribution in [0.5, 0.6) is 0 Å². The molecule has 102 valence electrons. The molecule has 2 heterocycles. The maximum absolute atomic E-state index is 11.7. The number of fused-ring (bicyclic) bond motifs is 1. The van der Waals surface area contributed by atoms with Gasteiger partial charge >= 0.3 is 0 Å². The number of amides is 1. The van der Waals surface area contributed by atoms with Crippen LogP contribution in [0.3, 0.4) is 0 Å². The number of pyridine rings is 1. The van der Waals surface area contributed by atoms with Crippen molar-refractivity contribution in [3.05, 3.63) is 58.8 Å². The van der Waals surface area contributed by atoms with E-state index in [9.17, 15) is 4.79 Å². The minimum absolute atomic E-state index is 0.471. The molecule has 1 aromatic heterocycles. The molecule has 0 aliphatic carbocycles. The predicted molar refractivity (Wildman–Crippen MR) is 74.6 cm³/mol. The number of rotatable bonds is 2. The van der Waals surface area contributed by atoms with Crippen LogP contribution in [0.4, 0.5) is 5.82 Å². The highest BCUT2D eigenvalue weighted by molar-refractivity contribution is 5.95. The lowest BCUT2D eigenvalue weighted by Gasteiger charge is -2.16. The Balaban J connectivity index is 1.94. The van der Waals surface area contributed by atoms with Gasteiger partial charge < -0.3 is 4.90 Å². The molecular formula is C15H15N3O2. The van der Waals surface area contributed by atoms with Gasteiger partial charge in [-0.15, -0.1) is 0 Å². The largest absolute Gasteiger partial charge is 0.348 e. The molecule has 5 nitrogen and oxygen atoms in total. The summed E-state index contributed by atoms with van der Waals surface area (Å²) in [6.45, 7) is 3.30.